The second-order valence-corrected chi connectivity index (χ2v) is 3.45. The molecular formula is C11H13ClN2O. The Hall–Kier alpha value is -1.24. The highest BCUT2D eigenvalue weighted by atomic mass is 35.5. The number of anilines is 1. The lowest BCUT2D eigenvalue weighted by atomic mass is 10.2. The van der Waals surface area contributed by atoms with Crippen molar-refractivity contribution in [2.75, 3.05) is 25.6 Å². The number of benzene rings is 1. The first-order valence-corrected chi connectivity index (χ1v) is 5.09. The standard InChI is InChI=1S/C11H13ClN2O/c1-15-7-3-6-14-11-5-2-4-10(12)9(11)8-13/h2,4-5,14H,3,6-7H2,1H3. The monoisotopic (exact) mass is 224 g/mol. The summed E-state index contributed by atoms with van der Waals surface area (Å²) >= 11 is 5.88. The molecule has 0 heterocycles. The fourth-order valence-electron chi connectivity index (χ4n) is 1.22. The Morgan fingerprint density at radius 2 is 2.33 bits per heavy atom. The molecule has 1 rings (SSSR count). The smallest absolute Gasteiger partial charge is 0.103 e. The Morgan fingerprint density at radius 3 is 3.00 bits per heavy atom. The van der Waals surface area contributed by atoms with Gasteiger partial charge in [0.1, 0.15) is 6.07 Å². The van der Waals surface area contributed by atoms with E-state index in [1.807, 2.05) is 12.1 Å². The average Bonchev–Trinajstić information content (AvgIpc) is 2.24. The van der Waals surface area contributed by atoms with Crippen LogP contribution in [0.3, 0.4) is 0 Å². The Balaban J connectivity index is 2.61. The number of rotatable bonds is 5. The van der Waals surface area contributed by atoms with Gasteiger partial charge in [-0.05, 0) is 18.6 Å². The first-order chi connectivity index (χ1) is 7.29. The normalized spacial score (nSPS) is 9.67. The number of nitrogens with one attached hydrogen (secondary N) is 1. The van der Waals surface area contributed by atoms with Crippen LogP contribution in [0.4, 0.5) is 5.69 Å². The SMILES string of the molecule is COCCCNc1cccc(Cl)c1C#N. The first kappa shape index (κ1) is 11.8. The molecule has 0 radical (unpaired) electrons. The summed E-state index contributed by atoms with van der Waals surface area (Å²) in [6.45, 7) is 1.47. The van der Waals surface area contributed by atoms with Crippen molar-refractivity contribution in [3.8, 4) is 6.07 Å². The zero-order chi connectivity index (χ0) is 11.1. The number of halogens is 1. The van der Waals surface area contributed by atoms with Crippen molar-refractivity contribution < 1.29 is 4.74 Å². The van der Waals surface area contributed by atoms with E-state index in [1.165, 1.54) is 0 Å². The zero-order valence-electron chi connectivity index (χ0n) is 8.59. The number of nitrogens with zero attached hydrogens (tertiary/aromatic N) is 1. The second-order valence-electron chi connectivity index (χ2n) is 3.05. The summed E-state index contributed by atoms with van der Waals surface area (Å²) in [6.07, 6.45) is 0.897. The predicted octanol–water partition coefficient (Wildman–Crippen LogP) is 2.66. The number of ether oxygens (including phenoxy) is 1. The number of methoxy groups -OCH3 is 1. The molecule has 0 atom stereocenters. The molecular weight excluding hydrogens is 212 g/mol. The Bertz CT molecular complexity index is 360. The summed E-state index contributed by atoms with van der Waals surface area (Å²) in [5.41, 5.74) is 1.28. The topological polar surface area (TPSA) is 45.0 Å². The van der Waals surface area contributed by atoms with Crippen molar-refractivity contribution in [3.63, 3.8) is 0 Å². The van der Waals surface area contributed by atoms with Gasteiger partial charge in [-0.25, -0.2) is 0 Å². The molecule has 0 aromatic heterocycles. The summed E-state index contributed by atoms with van der Waals surface area (Å²) in [5.74, 6) is 0. The van der Waals surface area contributed by atoms with Gasteiger partial charge in [0.25, 0.3) is 0 Å². The highest BCUT2D eigenvalue weighted by molar-refractivity contribution is 6.32. The third-order valence-corrected chi connectivity index (χ3v) is 2.28. The molecule has 0 saturated carbocycles. The molecule has 1 N–H and O–H groups in total. The summed E-state index contributed by atoms with van der Waals surface area (Å²) in [4.78, 5) is 0. The molecule has 0 spiro atoms. The van der Waals surface area contributed by atoms with Crippen LogP contribution in [0.5, 0.6) is 0 Å². The Morgan fingerprint density at radius 1 is 1.53 bits per heavy atom. The molecule has 1 aromatic rings. The summed E-state index contributed by atoms with van der Waals surface area (Å²) < 4.78 is 4.93. The van der Waals surface area contributed by atoms with E-state index >= 15 is 0 Å². The fourth-order valence-corrected chi connectivity index (χ4v) is 1.44. The maximum absolute atomic E-state index is 8.90. The van der Waals surface area contributed by atoms with E-state index in [-0.39, 0.29) is 0 Å². The molecule has 0 bridgehead atoms. The van der Waals surface area contributed by atoms with Crippen molar-refractivity contribution in [3.05, 3.63) is 28.8 Å². The van der Waals surface area contributed by atoms with E-state index in [4.69, 9.17) is 21.6 Å². The third-order valence-electron chi connectivity index (χ3n) is 1.97. The molecule has 1 aromatic carbocycles. The van der Waals surface area contributed by atoms with Crippen molar-refractivity contribution in [1.82, 2.24) is 0 Å². The lowest BCUT2D eigenvalue weighted by molar-refractivity contribution is 0.198. The number of hydrogen-bond donors (Lipinski definition) is 1. The largest absolute Gasteiger partial charge is 0.385 e. The first-order valence-electron chi connectivity index (χ1n) is 4.71. The van der Waals surface area contributed by atoms with Gasteiger partial charge in [-0.3, -0.25) is 0 Å². The van der Waals surface area contributed by atoms with Crippen LogP contribution in [0.15, 0.2) is 18.2 Å². The maximum atomic E-state index is 8.90. The van der Waals surface area contributed by atoms with Crippen LogP contribution < -0.4 is 5.32 Å². The van der Waals surface area contributed by atoms with Gasteiger partial charge in [0.2, 0.25) is 0 Å². The molecule has 0 fully saturated rings. The quantitative estimate of drug-likeness (QED) is 0.783. The molecule has 0 aliphatic carbocycles. The van der Waals surface area contributed by atoms with Crippen LogP contribution in [-0.4, -0.2) is 20.3 Å². The lowest BCUT2D eigenvalue weighted by Gasteiger charge is -2.08. The van der Waals surface area contributed by atoms with Crippen LogP contribution in [0.2, 0.25) is 5.02 Å². The Labute approximate surface area is 94.6 Å². The van der Waals surface area contributed by atoms with Crippen molar-refractivity contribution >= 4 is 17.3 Å². The highest BCUT2D eigenvalue weighted by Crippen LogP contribution is 2.22. The van der Waals surface area contributed by atoms with Gasteiger partial charge in [0.05, 0.1) is 16.3 Å². The molecule has 3 nitrogen and oxygen atoms in total. The van der Waals surface area contributed by atoms with Crippen LogP contribution in [0, 0.1) is 11.3 Å². The highest BCUT2D eigenvalue weighted by Gasteiger charge is 2.04. The van der Waals surface area contributed by atoms with Gasteiger partial charge in [0.15, 0.2) is 0 Å². The lowest BCUT2D eigenvalue weighted by Crippen LogP contribution is -2.05. The average molecular weight is 225 g/mol. The van der Waals surface area contributed by atoms with Crippen LogP contribution in [0.25, 0.3) is 0 Å². The molecule has 0 aliphatic heterocycles. The van der Waals surface area contributed by atoms with Gasteiger partial charge in [-0.2, -0.15) is 5.26 Å². The van der Waals surface area contributed by atoms with Gasteiger partial charge in [0, 0.05) is 20.3 Å². The fraction of sp³-hybridized carbons (Fsp3) is 0.364. The minimum absolute atomic E-state index is 0.481. The zero-order valence-corrected chi connectivity index (χ0v) is 9.34. The molecule has 4 heteroatoms. The van der Waals surface area contributed by atoms with E-state index in [0.717, 1.165) is 18.7 Å². The Kier molecular flexibility index (Phi) is 4.96. The number of hydrogen-bond acceptors (Lipinski definition) is 3. The summed E-state index contributed by atoms with van der Waals surface area (Å²) in [6, 6.07) is 7.45. The molecule has 80 valence electrons. The number of nitriles is 1. The van der Waals surface area contributed by atoms with Crippen LogP contribution in [0.1, 0.15) is 12.0 Å². The second kappa shape index (κ2) is 6.28. The minimum Gasteiger partial charge on any atom is -0.385 e. The predicted molar refractivity (Wildman–Crippen MR) is 61.1 cm³/mol. The molecule has 0 amide bonds. The molecule has 0 saturated heterocycles. The molecule has 0 unspecified atom stereocenters. The van der Waals surface area contributed by atoms with Crippen molar-refractivity contribution in [1.29, 1.82) is 5.26 Å². The van der Waals surface area contributed by atoms with Gasteiger partial charge in [-0.1, -0.05) is 17.7 Å². The van der Waals surface area contributed by atoms with E-state index in [1.54, 1.807) is 13.2 Å². The van der Waals surface area contributed by atoms with Crippen LogP contribution in [-0.2, 0) is 4.74 Å². The van der Waals surface area contributed by atoms with Gasteiger partial charge >= 0.3 is 0 Å². The maximum Gasteiger partial charge on any atom is 0.103 e. The third kappa shape index (κ3) is 3.43. The van der Waals surface area contributed by atoms with E-state index in [9.17, 15) is 0 Å². The van der Waals surface area contributed by atoms with E-state index in [0.29, 0.717) is 17.2 Å². The van der Waals surface area contributed by atoms with Gasteiger partial charge in [-0.15, -0.1) is 0 Å². The van der Waals surface area contributed by atoms with Gasteiger partial charge < -0.3 is 10.1 Å². The minimum atomic E-state index is 0.481. The summed E-state index contributed by atoms with van der Waals surface area (Å²) in [5, 5.41) is 12.5. The van der Waals surface area contributed by atoms with E-state index in [2.05, 4.69) is 11.4 Å². The van der Waals surface area contributed by atoms with E-state index < -0.39 is 0 Å². The van der Waals surface area contributed by atoms with Crippen LogP contribution >= 0.6 is 11.6 Å². The molecule has 15 heavy (non-hydrogen) atoms. The van der Waals surface area contributed by atoms with Crippen molar-refractivity contribution in [2.45, 2.75) is 6.42 Å². The summed E-state index contributed by atoms with van der Waals surface area (Å²) in [7, 11) is 1.67. The van der Waals surface area contributed by atoms with Crippen molar-refractivity contribution in [2.24, 2.45) is 0 Å². The molecule has 0 aliphatic rings.